The van der Waals surface area contributed by atoms with Gasteiger partial charge in [-0.2, -0.15) is 0 Å². The zero-order valence-electron chi connectivity index (χ0n) is 10.3. The highest BCUT2D eigenvalue weighted by molar-refractivity contribution is 7.07. The maximum Gasteiger partial charge on any atom is 0.0794 e. The predicted molar refractivity (Wildman–Crippen MR) is 71.4 cm³/mol. The molecule has 3 rings (SSSR count). The minimum atomic E-state index is 0.757. The summed E-state index contributed by atoms with van der Waals surface area (Å²) < 4.78 is 0. The molecule has 2 heterocycles. The van der Waals surface area contributed by atoms with Crippen molar-refractivity contribution in [3.63, 3.8) is 0 Å². The Morgan fingerprint density at radius 1 is 1.47 bits per heavy atom. The van der Waals surface area contributed by atoms with Gasteiger partial charge in [0.1, 0.15) is 0 Å². The first-order valence-electron chi connectivity index (χ1n) is 6.74. The van der Waals surface area contributed by atoms with Crippen molar-refractivity contribution in [1.29, 1.82) is 0 Å². The standard InChI is InChI=1S/C13H21N3S/c1-5-14-13(11-2-3-11)8-16(6-1)7-4-12-9-17-10-15-12/h9-11,13-14H,1-8H2. The van der Waals surface area contributed by atoms with Gasteiger partial charge in [0.05, 0.1) is 11.2 Å². The number of rotatable bonds is 4. The van der Waals surface area contributed by atoms with Crippen molar-refractivity contribution in [2.75, 3.05) is 26.2 Å². The monoisotopic (exact) mass is 251 g/mol. The largest absolute Gasteiger partial charge is 0.312 e. The fourth-order valence-electron chi connectivity index (χ4n) is 2.68. The Labute approximate surface area is 107 Å². The molecule has 1 atom stereocenters. The van der Waals surface area contributed by atoms with Crippen molar-refractivity contribution in [3.05, 3.63) is 16.6 Å². The van der Waals surface area contributed by atoms with Crippen LogP contribution in [-0.4, -0.2) is 42.1 Å². The molecule has 4 heteroatoms. The van der Waals surface area contributed by atoms with Gasteiger partial charge in [-0.05, 0) is 38.3 Å². The fourth-order valence-corrected chi connectivity index (χ4v) is 3.27. The Morgan fingerprint density at radius 2 is 2.41 bits per heavy atom. The maximum absolute atomic E-state index is 4.37. The fraction of sp³-hybridized carbons (Fsp3) is 0.769. The van der Waals surface area contributed by atoms with Gasteiger partial charge in [-0.15, -0.1) is 11.3 Å². The molecule has 0 radical (unpaired) electrons. The summed E-state index contributed by atoms with van der Waals surface area (Å²) in [5, 5.41) is 5.89. The van der Waals surface area contributed by atoms with E-state index in [0.717, 1.165) is 18.4 Å². The van der Waals surface area contributed by atoms with E-state index in [0.29, 0.717) is 0 Å². The smallest absolute Gasteiger partial charge is 0.0794 e. The van der Waals surface area contributed by atoms with Gasteiger partial charge >= 0.3 is 0 Å². The number of hydrogen-bond acceptors (Lipinski definition) is 4. The predicted octanol–water partition coefficient (Wildman–Crippen LogP) is 1.76. The van der Waals surface area contributed by atoms with E-state index in [9.17, 15) is 0 Å². The van der Waals surface area contributed by atoms with Gasteiger partial charge in [-0.3, -0.25) is 0 Å². The number of nitrogens with one attached hydrogen (secondary N) is 1. The van der Waals surface area contributed by atoms with E-state index < -0.39 is 0 Å². The normalized spacial score (nSPS) is 26.9. The van der Waals surface area contributed by atoms with E-state index in [1.165, 1.54) is 51.1 Å². The van der Waals surface area contributed by atoms with Crippen LogP contribution in [0.4, 0.5) is 0 Å². The van der Waals surface area contributed by atoms with E-state index in [1.54, 1.807) is 11.3 Å². The molecular formula is C13H21N3S. The number of aromatic nitrogens is 1. The topological polar surface area (TPSA) is 28.2 Å². The SMILES string of the molecule is c1nc(CCN2CCCNC(C3CC3)C2)cs1. The molecule has 0 spiro atoms. The highest BCUT2D eigenvalue weighted by Gasteiger charge is 2.32. The third kappa shape index (κ3) is 3.27. The molecule has 94 valence electrons. The van der Waals surface area contributed by atoms with E-state index in [-0.39, 0.29) is 0 Å². The van der Waals surface area contributed by atoms with E-state index in [4.69, 9.17) is 0 Å². The molecule has 0 aromatic carbocycles. The maximum atomic E-state index is 4.37. The van der Waals surface area contributed by atoms with Crippen LogP contribution in [-0.2, 0) is 6.42 Å². The van der Waals surface area contributed by atoms with Crippen molar-refractivity contribution in [1.82, 2.24) is 15.2 Å². The van der Waals surface area contributed by atoms with Crippen molar-refractivity contribution in [2.45, 2.75) is 31.7 Å². The molecule has 1 unspecified atom stereocenters. The lowest BCUT2D eigenvalue weighted by Crippen LogP contribution is -2.39. The molecule has 0 bridgehead atoms. The zero-order valence-corrected chi connectivity index (χ0v) is 11.1. The third-order valence-electron chi connectivity index (χ3n) is 3.87. The molecule has 2 fully saturated rings. The molecule has 1 saturated heterocycles. The Morgan fingerprint density at radius 3 is 3.18 bits per heavy atom. The summed E-state index contributed by atoms with van der Waals surface area (Å²) in [6, 6.07) is 0.757. The summed E-state index contributed by atoms with van der Waals surface area (Å²) in [7, 11) is 0. The van der Waals surface area contributed by atoms with E-state index in [2.05, 4.69) is 20.6 Å². The molecule has 1 aliphatic carbocycles. The first-order valence-corrected chi connectivity index (χ1v) is 7.69. The first-order chi connectivity index (χ1) is 8.42. The second-order valence-corrected chi connectivity index (χ2v) is 6.00. The van der Waals surface area contributed by atoms with Gasteiger partial charge in [0.2, 0.25) is 0 Å². The lowest BCUT2D eigenvalue weighted by Gasteiger charge is -2.23. The second-order valence-electron chi connectivity index (χ2n) is 5.28. The van der Waals surface area contributed by atoms with Crippen LogP contribution in [0, 0.1) is 5.92 Å². The van der Waals surface area contributed by atoms with Gasteiger partial charge in [0, 0.05) is 30.9 Å². The average Bonchev–Trinajstić information content (AvgIpc) is 3.09. The van der Waals surface area contributed by atoms with Gasteiger partial charge in [0.25, 0.3) is 0 Å². The van der Waals surface area contributed by atoms with Crippen molar-refractivity contribution in [2.24, 2.45) is 5.92 Å². The first kappa shape index (κ1) is 11.6. The molecule has 2 aliphatic rings. The highest BCUT2D eigenvalue weighted by atomic mass is 32.1. The number of thiazole rings is 1. The van der Waals surface area contributed by atoms with Crippen molar-refractivity contribution in [3.8, 4) is 0 Å². The van der Waals surface area contributed by atoms with Crippen LogP contribution in [0.2, 0.25) is 0 Å². The lowest BCUT2D eigenvalue weighted by molar-refractivity contribution is 0.261. The van der Waals surface area contributed by atoms with Crippen LogP contribution in [0.25, 0.3) is 0 Å². The molecule has 1 aliphatic heterocycles. The summed E-state index contributed by atoms with van der Waals surface area (Å²) in [6.07, 6.45) is 5.29. The molecule has 1 saturated carbocycles. The Kier molecular flexibility index (Phi) is 3.74. The molecular weight excluding hydrogens is 230 g/mol. The molecule has 1 aromatic heterocycles. The number of hydrogen-bond donors (Lipinski definition) is 1. The average molecular weight is 251 g/mol. The van der Waals surface area contributed by atoms with E-state index >= 15 is 0 Å². The third-order valence-corrected chi connectivity index (χ3v) is 4.51. The zero-order chi connectivity index (χ0) is 11.5. The molecule has 0 amide bonds. The van der Waals surface area contributed by atoms with Crippen molar-refractivity contribution >= 4 is 11.3 Å². The summed E-state index contributed by atoms with van der Waals surface area (Å²) in [5.41, 5.74) is 3.20. The quantitative estimate of drug-likeness (QED) is 0.884. The molecule has 17 heavy (non-hydrogen) atoms. The van der Waals surface area contributed by atoms with Crippen LogP contribution in [0.1, 0.15) is 25.0 Å². The summed E-state index contributed by atoms with van der Waals surface area (Å²) >= 11 is 1.70. The van der Waals surface area contributed by atoms with Crippen LogP contribution < -0.4 is 5.32 Å². The Bertz CT molecular complexity index is 334. The van der Waals surface area contributed by atoms with Gasteiger partial charge in [0.15, 0.2) is 0 Å². The summed E-state index contributed by atoms with van der Waals surface area (Å²) in [6.45, 7) is 4.87. The summed E-state index contributed by atoms with van der Waals surface area (Å²) in [5.74, 6) is 0.967. The Hall–Kier alpha value is -0.450. The minimum Gasteiger partial charge on any atom is -0.312 e. The van der Waals surface area contributed by atoms with Crippen LogP contribution in [0.15, 0.2) is 10.9 Å². The number of nitrogens with zero attached hydrogens (tertiary/aromatic N) is 2. The van der Waals surface area contributed by atoms with Crippen molar-refractivity contribution < 1.29 is 0 Å². The molecule has 1 N–H and O–H groups in total. The second kappa shape index (κ2) is 5.46. The van der Waals surface area contributed by atoms with Crippen LogP contribution in [0.3, 0.4) is 0 Å². The van der Waals surface area contributed by atoms with Gasteiger partial charge < -0.3 is 10.2 Å². The Balaban J connectivity index is 1.50. The minimum absolute atomic E-state index is 0.757. The van der Waals surface area contributed by atoms with E-state index in [1.807, 2.05) is 5.51 Å². The van der Waals surface area contributed by atoms with Gasteiger partial charge in [-0.25, -0.2) is 4.98 Å². The lowest BCUT2D eigenvalue weighted by atomic mass is 10.1. The van der Waals surface area contributed by atoms with Crippen LogP contribution >= 0.6 is 11.3 Å². The highest BCUT2D eigenvalue weighted by Crippen LogP contribution is 2.33. The van der Waals surface area contributed by atoms with Gasteiger partial charge in [-0.1, -0.05) is 0 Å². The summed E-state index contributed by atoms with van der Waals surface area (Å²) in [4.78, 5) is 6.99. The molecule has 3 nitrogen and oxygen atoms in total. The van der Waals surface area contributed by atoms with Crippen LogP contribution in [0.5, 0.6) is 0 Å². The molecule has 1 aromatic rings.